The maximum Gasteiger partial charge on any atom is 0.106 e. The standard InChI is InChI=1S/C10H19N3O3/c1-8(11-14-3)6-10(13-16-5)7-9(2)12-15-4/h6-7H2,1-5H3/b11-8+,12-9+. The second-order valence-electron chi connectivity index (χ2n) is 3.21. The molecule has 0 amide bonds. The van der Waals surface area contributed by atoms with Crippen LogP contribution in [0.5, 0.6) is 0 Å². The zero-order valence-corrected chi connectivity index (χ0v) is 10.5. The molecule has 0 fully saturated rings. The molecule has 0 aromatic rings. The van der Waals surface area contributed by atoms with Gasteiger partial charge in [-0.05, 0) is 13.8 Å². The van der Waals surface area contributed by atoms with E-state index in [-0.39, 0.29) is 0 Å². The normalized spacial score (nSPS) is 12.1. The van der Waals surface area contributed by atoms with Crippen molar-refractivity contribution in [2.24, 2.45) is 15.5 Å². The highest BCUT2D eigenvalue weighted by atomic mass is 16.6. The third-order valence-corrected chi connectivity index (χ3v) is 1.63. The van der Waals surface area contributed by atoms with Gasteiger partial charge in [0.2, 0.25) is 0 Å². The highest BCUT2D eigenvalue weighted by Gasteiger charge is 2.06. The van der Waals surface area contributed by atoms with Gasteiger partial charge in [0.1, 0.15) is 21.3 Å². The second-order valence-corrected chi connectivity index (χ2v) is 3.21. The average molecular weight is 229 g/mol. The van der Waals surface area contributed by atoms with Gasteiger partial charge in [-0.1, -0.05) is 15.5 Å². The van der Waals surface area contributed by atoms with Gasteiger partial charge in [0, 0.05) is 12.8 Å². The first-order valence-electron chi connectivity index (χ1n) is 4.86. The summed E-state index contributed by atoms with van der Waals surface area (Å²) in [7, 11) is 4.52. The number of hydrogen-bond acceptors (Lipinski definition) is 6. The van der Waals surface area contributed by atoms with Crippen molar-refractivity contribution >= 4 is 17.1 Å². The monoisotopic (exact) mass is 229 g/mol. The molecule has 0 N–H and O–H groups in total. The van der Waals surface area contributed by atoms with Crippen molar-refractivity contribution in [2.75, 3.05) is 21.3 Å². The van der Waals surface area contributed by atoms with Gasteiger partial charge < -0.3 is 14.5 Å². The van der Waals surface area contributed by atoms with E-state index in [1.54, 1.807) is 0 Å². The Morgan fingerprint density at radius 1 is 0.750 bits per heavy atom. The topological polar surface area (TPSA) is 64.8 Å². The van der Waals surface area contributed by atoms with Crippen LogP contribution in [0, 0.1) is 0 Å². The van der Waals surface area contributed by atoms with E-state index in [0.29, 0.717) is 12.8 Å². The lowest BCUT2D eigenvalue weighted by Crippen LogP contribution is -2.10. The Morgan fingerprint density at radius 3 is 1.44 bits per heavy atom. The van der Waals surface area contributed by atoms with E-state index in [4.69, 9.17) is 4.84 Å². The zero-order chi connectivity index (χ0) is 12.4. The molecule has 6 heteroatoms. The van der Waals surface area contributed by atoms with E-state index in [1.807, 2.05) is 13.8 Å². The highest BCUT2D eigenvalue weighted by molar-refractivity contribution is 6.11. The molecule has 0 aliphatic heterocycles. The van der Waals surface area contributed by atoms with Gasteiger partial charge in [0.05, 0.1) is 17.1 Å². The highest BCUT2D eigenvalue weighted by Crippen LogP contribution is 2.00. The number of nitrogens with zero attached hydrogens (tertiary/aromatic N) is 3. The van der Waals surface area contributed by atoms with Crippen LogP contribution in [0.4, 0.5) is 0 Å². The Balaban J connectivity index is 4.46. The SMILES string of the molecule is CON=C(C/C(C)=N/OC)C/C(C)=N/OC. The first-order chi connectivity index (χ1) is 7.63. The molecule has 0 aromatic carbocycles. The molecular formula is C10H19N3O3. The minimum Gasteiger partial charge on any atom is -0.399 e. The van der Waals surface area contributed by atoms with Crippen LogP contribution in [-0.2, 0) is 14.5 Å². The second kappa shape index (κ2) is 8.70. The maximum absolute atomic E-state index is 4.76. The summed E-state index contributed by atoms with van der Waals surface area (Å²) < 4.78 is 0. The fourth-order valence-electron chi connectivity index (χ4n) is 1.22. The fourth-order valence-corrected chi connectivity index (χ4v) is 1.22. The first kappa shape index (κ1) is 14.4. The summed E-state index contributed by atoms with van der Waals surface area (Å²) >= 11 is 0. The van der Waals surface area contributed by atoms with Crippen molar-refractivity contribution in [2.45, 2.75) is 26.7 Å². The Labute approximate surface area is 95.9 Å². The van der Waals surface area contributed by atoms with Gasteiger partial charge in [-0.25, -0.2) is 0 Å². The Bertz CT molecular complexity index is 261. The van der Waals surface area contributed by atoms with Crippen LogP contribution in [0.2, 0.25) is 0 Å². The molecule has 0 aliphatic rings. The Hall–Kier alpha value is -1.59. The van der Waals surface area contributed by atoms with Crippen molar-refractivity contribution in [3.8, 4) is 0 Å². The predicted octanol–water partition coefficient (Wildman–Crippen LogP) is 1.81. The summed E-state index contributed by atoms with van der Waals surface area (Å²) in [5, 5.41) is 11.5. The van der Waals surface area contributed by atoms with Gasteiger partial charge in [-0.15, -0.1) is 0 Å². The zero-order valence-electron chi connectivity index (χ0n) is 10.5. The van der Waals surface area contributed by atoms with Crippen LogP contribution in [0.1, 0.15) is 26.7 Å². The Morgan fingerprint density at radius 2 is 1.12 bits per heavy atom. The Kier molecular flexibility index (Phi) is 7.83. The molecule has 0 atom stereocenters. The van der Waals surface area contributed by atoms with E-state index >= 15 is 0 Å². The molecule has 0 heterocycles. The summed E-state index contributed by atoms with van der Waals surface area (Å²) in [5.41, 5.74) is 2.46. The molecule has 0 aromatic heterocycles. The van der Waals surface area contributed by atoms with Crippen molar-refractivity contribution in [1.29, 1.82) is 0 Å². The fraction of sp³-hybridized carbons (Fsp3) is 0.700. The van der Waals surface area contributed by atoms with Gasteiger partial charge in [-0.3, -0.25) is 0 Å². The van der Waals surface area contributed by atoms with E-state index < -0.39 is 0 Å². The molecule has 0 unspecified atom stereocenters. The lowest BCUT2D eigenvalue weighted by Gasteiger charge is -2.04. The van der Waals surface area contributed by atoms with E-state index in [0.717, 1.165) is 17.1 Å². The minimum absolute atomic E-state index is 0.582. The maximum atomic E-state index is 4.76. The molecule has 16 heavy (non-hydrogen) atoms. The van der Waals surface area contributed by atoms with Gasteiger partial charge >= 0.3 is 0 Å². The lowest BCUT2D eigenvalue weighted by atomic mass is 10.1. The van der Waals surface area contributed by atoms with Crippen molar-refractivity contribution in [3.05, 3.63) is 0 Å². The summed E-state index contributed by atoms with van der Waals surface area (Å²) in [6.07, 6.45) is 1.16. The smallest absolute Gasteiger partial charge is 0.106 e. The van der Waals surface area contributed by atoms with Crippen LogP contribution >= 0.6 is 0 Å². The van der Waals surface area contributed by atoms with Gasteiger partial charge in [0.15, 0.2) is 0 Å². The summed E-state index contributed by atoms with van der Waals surface area (Å²) in [4.78, 5) is 14.1. The van der Waals surface area contributed by atoms with Crippen molar-refractivity contribution in [1.82, 2.24) is 0 Å². The van der Waals surface area contributed by atoms with E-state index in [1.165, 1.54) is 21.3 Å². The summed E-state index contributed by atoms with van der Waals surface area (Å²) in [5.74, 6) is 0. The predicted molar refractivity (Wildman–Crippen MR) is 63.9 cm³/mol. The molecule has 6 nitrogen and oxygen atoms in total. The molecule has 0 saturated carbocycles. The molecule has 0 saturated heterocycles. The summed E-state index contributed by atoms with van der Waals surface area (Å²) in [6.45, 7) is 3.72. The third kappa shape index (κ3) is 6.80. The molecule has 0 rings (SSSR count). The van der Waals surface area contributed by atoms with Gasteiger partial charge in [-0.2, -0.15) is 0 Å². The van der Waals surface area contributed by atoms with E-state index in [9.17, 15) is 0 Å². The van der Waals surface area contributed by atoms with Crippen molar-refractivity contribution in [3.63, 3.8) is 0 Å². The molecule has 0 spiro atoms. The average Bonchev–Trinajstić information content (AvgIpc) is 2.18. The van der Waals surface area contributed by atoms with Crippen LogP contribution in [0.25, 0.3) is 0 Å². The van der Waals surface area contributed by atoms with Crippen LogP contribution in [-0.4, -0.2) is 38.5 Å². The number of oxime groups is 3. The molecule has 0 aliphatic carbocycles. The lowest BCUT2D eigenvalue weighted by molar-refractivity contribution is 0.209. The van der Waals surface area contributed by atoms with Gasteiger partial charge in [0.25, 0.3) is 0 Å². The molecule has 0 radical (unpaired) electrons. The van der Waals surface area contributed by atoms with Crippen LogP contribution in [0.3, 0.4) is 0 Å². The van der Waals surface area contributed by atoms with Crippen LogP contribution < -0.4 is 0 Å². The van der Waals surface area contributed by atoms with Crippen LogP contribution in [0.15, 0.2) is 15.5 Å². The number of rotatable bonds is 7. The first-order valence-corrected chi connectivity index (χ1v) is 4.86. The third-order valence-electron chi connectivity index (χ3n) is 1.63. The quantitative estimate of drug-likeness (QED) is 0.494. The number of hydrogen-bond donors (Lipinski definition) is 0. The summed E-state index contributed by atoms with van der Waals surface area (Å²) in [6, 6.07) is 0. The molecule has 92 valence electrons. The minimum atomic E-state index is 0.582. The largest absolute Gasteiger partial charge is 0.399 e. The van der Waals surface area contributed by atoms with Crippen molar-refractivity contribution < 1.29 is 14.5 Å². The molecular weight excluding hydrogens is 210 g/mol. The van der Waals surface area contributed by atoms with E-state index in [2.05, 4.69) is 25.1 Å². The molecule has 0 bridgehead atoms.